The number of halogens is 1. The zero-order chi connectivity index (χ0) is 10.9. The van der Waals surface area contributed by atoms with Crippen molar-refractivity contribution in [2.24, 2.45) is 5.92 Å². The molecule has 1 aliphatic heterocycles. The Morgan fingerprint density at radius 3 is 2.73 bits per heavy atom. The van der Waals surface area contributed by atoms with E-state index in [-0.39, 0.29) is 6.04 Å². The molecule has 0 amide bonds. The molecule has 1 aliphatic carbocycles. The second-order valence-corrected chi connectivity index (χ2v) is 6.83. The monoisotopic (exact) mass is 297 g/mol. The summed E-state index contributed by atoms with van der Waals surface area (Å²) in [5.74, 6) is 0.741. The second-order valence-electron chi connectivity index (χ2n) is 4.22. The van der Waals surface area contributed by atoms with Crippen LogP contribution in [0.5, 0.6) is 0 Å². The molecule has 1 atom stereocenters. The van der Waals surface area contributed by atoms with Crippen molar-refractivity contribution >= 4 is 26.0 Å². The Morgan fingerprint density at radius 2 is 2.13 bits per heavy atom. The molecule has 0 aromatic heterocycles. The highest BCUT2D eigenvalue weighted by Crippen LogP contribution is 2.32. The minimum Gasteiger partial charge on any atom is -0.378 e. The van der Waals surface area contributed by atoms with E-state index in [1.54, 1.807) is 4.31 Å². The van der Waals surface area contributed by atoms with Gasteiger partial charge in [-0.25, -0.2) is 8.42 Å². The highest BCUT2D eigenvalue weighted by molar-refractivity contribution is 9.09. The molecule has 0 N–H and O–H groups in total. The van der Waals surface area contributed by atoms with E-state index >= 15 is 0 Å². The number of sulfonamides is 1. The highest BCUT2D eigenvalue weighted by Gasteiger charge is 2.36. The van der Waals surface area contributed by atoms with Crippen LogP contribution in [0.3, 0.4) is 0 Å². The topological polar surface area (TPSA) is 46.6 Å². The molecule has 0 radical (unpaired) electrons. The molecule has 88 valence electrons. The number of alkyl halides is 1. The summed E-state index contributed by atoms with van der Waals surface area (Å²) in [5.41, 5.74) is 0. The van der Waals surface area contributed by atoms with E-state index in [9.17, 15) is 8.42 Å². The molecule has 2 aliphatic rings. The van der Waals surface area contributed by atoms with Gasteiger partial charge >= 0.3 is 0 Å². The van der Waals surface area contributed by atoms with E-state index < -0.39 is 10.0 Å². The van der Waals surface area contributed by atoms with Gasteiger partial charge in [0.1, 0.15) is 0 Å². The quantitative estimate of drug-likeness (QED) is 0.722. The Bertz CT molecular complexity index is 315. The minimum atomic E-state index is -3.06. The van der Waals surface area contributed by atoms with Crippen LogP contribution in [0, 0.1) is 5.92 Å². The number of nitrogens with zero attached hydrogens (tertiary/aromatic N) is 1. The lowest BCUT2D eigenvalue weighted by atomic mass is 10.3. The standard InChI is InChI=1S/C9H16BrNO3S/c10-5-9-6-14-4-3-11(9)15(12,13)7-8-1-2-8/h8-9H,1-7H2. The highest BCUT2D eigenvalue weighted by atomic mass is 79.9. The molecule has 6 heteroatoms. The van der Waals surface area contributed by atoms with Crippen molar-refractivity contribution in [2.75, 3.05) is 30.8 Å². The summed E-state index contributed by atoms with van der Waals surface area (Å²) in [5, 5.41) is 0.650. The van der Waals surface area contributed by atoms with Gasteiger partial charge in [0.2, 0.25) is 10.0 Å². The van der Waals surface area contributed by atoms with Crippen LogP contribution in [0.25, 0.3) is 0 Å². The summed E-state index contributed by atoms with van der Waals surface area (Å²) in [6, 6.07) is -0.0255. The smallest absolute Gasteiger partial charge is 0.214 e. The second kappa shape index (κ2) is 4.69. The van der Waals surface area contributed by atoms with Gasteiger partial charge in [-0.1, -0.05) is 15.9 Å². The van der Waals surface area contributed by atoms with E-state index in [4.69, 9.17) is 4.74 Å². The summed E-state index contributed by atoms with van der Waals surface area (Å²) in [6.07, 6.45) is 2.14. The average Bonchev–Trinajstić information content (AvgIpc) is 3.01. The van der Waals surface area contributed by atoms with Gasteiger partial charge in [-0.15, -0.1) is 0 Å². The van der Waals surface area contributed by atoms with Gasteiger partial charge < -0.3 is 4.74 Å². The van der Waals surface area contributed by atoms with Crippen molar-refractivity contribution < 1.29 is 13.2 Å². The molecular weight excluding hydrogens is 282 g/mol. The number of hydrogen-bond donors (Lipinski definition) is 0. The van der Waals surface area contributed by atoms with Crippen LogP contribution in [-0.2, 0) is 14.8 Å². The maximum Gasteiger partial charge on any atom is 0.214 e. The van der Waals surface area contributed by atoms with Crippen molar-refractivity contribution in [2.45, 2.75) is 18.9 Å². The Morgan fingerprint density at radius 1 is 1.40 bits per heavy atom. The molecule has 1 unspecified atom stereocenters. The fourth-order valence-electron chi connectivity index (χ4n) is 1.81. The predicted octanol–water partition coefficient (Wildman–Crippen LogP) is 0.822. The third-order valence-corrected chi connectivity index (χ3v) is 5.69. The van der Waals surface area contributed by atoms with Crippen molar-refractivity contribution in [1.29, 1.82) is 0 Å². The molecule has 1 heterocycles. The van der Waals surface area contributed by atoms with Crippen molar-refractivity contribution in [3.8, 4) is 0 Å². The Labute approximate surface area is 99.1 Å². The lowest BCUT2D eigenvalue weighted by Gasteiger charge is -2.33. The van der Waals surface area contributed by atoms with Gasteiger partial charge in [-0.2, -0.15) is 4.31 Å². The zero-order valence-electron chi connectivity index (χ0n) is 8.56. The summed E-state index contributed by atoms with van der Waals surface area (Å²) in [7, 11) is -3.06. The first-order valence-electron chi connectivity index (χ1n) is 5.26. The molecule has 4 nitrogen and oxygen atoms in total. The largest absolute Gasteiger partial charge is 0.378 e. The van der Waals surface area contributed by atoms with Crippen LogP contribution in [0.1, 0.15) is 12.8 Å². The number of rotatable bonds is 4. The number of hydrogen-bond acceptors (Lipinski definition) is 3. The van der Waals surface area contributed by atoms with Crippen LogP contribution in [0.15, 0.2) is 0 Å². The summed E-state index contributed by atoms with van der Waals surface area (Å²) < 4.78 is 31.0. The molecular formula is C9H16BrNO3S. The first-order chi connectivity index (χ1) is 7.13. The maximum atomic E-state index is 12.1. The Balaban J connectivity index is 2.04. The van der Waals surface area contributed by atoms with Crippen molar-refractivity contribution in [1.82, 2.24) is 4.31 Å². The first-order valence-corrected chi connectivity index (χ1v) is 8.00. The normalized spacial score (nSPS) is 29.3. The Hall–Kier alpha value is 0.350. The lowest BCUT2D eigenvalue weighted by Crippen LogP contribution is -2.50. The van der Waals surface area contributed by atoms with Gasteiger partial charge in [0.15, 0.2) is 0 Å². The van der Waals surface area contributed by atoms with Crippen molar-refractivity contribution in [3.63, 3.8) is 0 Å². The Kier molecular flexibility index (Phi) is 3.70. The fraction of sp³-hybridized carbons (Fsp3) is 1.00. The van der Waals surface area contributed by atoms with E-state index in [1.807, 2.05) is 0 Å². The molecule has 0 spiro atoms. The van der Waals surface area contributed by atoms with Crippen LogP contribution in [-0.4, -0.2) is 49.6 Å². The molecule has 0 aromatic rings. The van der Waals surface area contributed by atoms with Gasteiger partial charge in [-0.05, 0) is 18.8 Å². The summed E-state index contributed by atoms with van der Waals surface area (Å²) >= 11 is 3.34. The van der Waals surface area contributed by atoms with Gasteiger partial charge in [0.05, 0.1) is 25.0 Å². The molecule has 15 heavy (non-hydrogen) atoms. The first kappa shape index (κ1) is 11.8. The fourth-order valence-corrected chi connectivity index (χ4v) is 4.60. The van der Waals surface area contributed by atoms with E-state index in [2.05, 4.69) is 15.9 Å². The van der Waals surface area contributed by atoms with Crippen LogP contribution >= 0.6 is 15.9 Å². The van der Waals surface area contributed by atoms with Crippen molar-refractivity contribution in [3.05, 3.63) is 0 Å². The predicted molar refractivity (Wildman–Crippen MR) is 61.6 cm³/mol. The summed E-state index contributed by atoms with van der Waals surface area (Å²) in [4.78, 5) is 0. The number of ether oxygens (including phenoxy) is 1. The van der Waals surface area contributed by atoms with Gasteiger partial charge in [0.25, 0.3) is 0 Å². The van der Waals surface area contributed by atoms with Crippen LogP contribution in [0.2, 0.25) is 0 Å². The SMILES string of the molecule is O=S(=O)(CC1CC1)N1CCOCC1CBr. The summed E-state index contributed by atoms with van der Waals surface area (Å²) in [6.45, 7) is 1.54. The van der Waals surface area contributed by atoms with Gasteiger partial charge in [0, 0.05) is 11.9 Å². The maximum absolute atomic E-state index is 12.1. The third-order valence-electron chi connectivity index (χ3n) is 2.85. The molecule has 1 saturated carbocycles. The van der Waals surface area contributed by atoms with E-state index in [1.165, 1.54) is 0 Å². The lowest BCUT2D eigenvalue weighted by molar-refractivity contribution is 0.0413. The van der Waals surface area contributed by atoms with Gasteiger partial charge in [-0.3, -0.25) is 0 Å². The van der Waals surface area contributed by atoms with E-state index in [0.29, 0.717) is 36.8 Å². The minimum absolute atomic E-state index is 0.0255. The van der Waals surface area contributed by atoms with Crippen LogP contribution in [0.4, 0.5) is 0 Å². The van der Waals surface area contributed by atoms with Crippen LogP contribution < -0.4 is 0 Å². The molecule has 2 rings (SSSR count). The molecule has 1 saturated heterocycles. The zero-order valence-corrected chi connectivity index (χ0v) is 11.0. The molecule has 0 bridgehead atoms. The molecule has 0 aromatic carbocycles. The third kappa shape index (κ3) is 2.93. The average molecular weight is 298 g/mol. The number of morpholine rings is 1. The van der Waals surface area contributed by atoms with E-state index in [0.717, 1.165) is 12.8 Å². The molecule has 2 fully saturated rings.